The summed E-state index contributed by atoms with van der Waals surface area (Å²) in [5.41, 5.74) is 0.563. The number of fused-ring (bicyclic) bond motifs is 3. The van der Waals surface area contributed by atoms with Crippen molar-refractivity contribution in [3.05, 3.63) is 29.8 Å². The number of methoxy groups -OCH3 is 1. The minimum Gasteiger partial charge on any atom is -0.469 e. The summed E-state index contributed by atoms with van der Waals surface area (Å²) in [7, 11) is 1.35. The van der Waals surface area contributed by atoms with E-state index in [2.05, 4.69) is 0 Å². The van der Waals surface area contributed by atoms with Crippen LogP contribution < -0.4 is 4.74 Å². The SMILES string of the molecule is CCO[C@H]1C[C@H](C(=O)OC)c2c(n(C(=O)OC(C)(C)C)c3ccccc23)O1. The Bertz CT molecular complexity index is 863. The number of hydrogen-bond donors (Lipinski definition) is 0. The van der Waals surface area contributed by atoms with Crippen LogP contribution in [-0.4, -0.2) is 42.2 Å². The van der Waals surface area contributed by atoms with Gasteiger partial charge in [-0.3, -0.25) is 4.79 Å². The Morgan fingerprint density at radius 3 is 2.59 bits per heavy atom. The van der Waals surface area contributed by atoms with Crippen LogP contribution >= 0.6 is 0 Å². The second-order valence-corrected chi connectivity index (χ2v) is 7.37. The molecule has 0 N–H and O–H groups in total. The normalized spacial score (nSPS) is 19.3. The minimum atomic E-state index is -0.676. The quantitative estimate of drug-likeness (QED) is 0.759. The molecule has 0 radical (unpaired) electrons. The first-order valence-electron chi connectivity index (χ1n) is 8.99. The van der Waals surface area contributed by atoms with Crippen LogP contribution in [0.2, 0.25) is 0 Å². The zero-order chi connectivity index (χ0) is 19.8. The summed E-state index contributed by atoms with van der Waals surface area (Å²) in [5.74, 6) is -0.717. The summed E-state index contributed by atoms with van der Waals surface area (Å²) in [6.45, 7) is 7.65. The van der Waals surface area contributed by atoms with Crippen molar-refractivity contribution >= 4 is 23.0 Å². The van der Waals surface area contributed by atoms with E-state index in [1.54, 1.807) is 26.8 Å². The van der Waals surface area contributed by atoms with E-state index in [1.165, 1.54) is 11.7 Å². The molecule has 3 rings (SSSR count). The number of hydrogen-bond acceptors (Lipinski definition) is 6. The molecule has 2 atom stereocenters. The Morgan fingerprint density at radius 1 is 1.26 bits per heavy atom. The van der Waals surface area contributed by atoms with Gasteiger partial charge in [0, 0.05) is 24.0 Å². The standard InChI is InChI=1S/C20H25NO6/c1-6-25-15-11-13(18(22)24-5)16-12-9-7-8-10-14(12)21(17(16)26-15)19(23)27-20(2,3)4/h7-10,13,15H,6,11H2,1-5H3/t13-,15+/m0/s1. The molecule has 1 aliphatic rings. The molecular formula is C20H25NO6. The number of carbonyl (C=O) groups is 2. The van der Waals surface area contributed by atoms with Crippen LogP contribution in [0.4, 0.5) is 4.79 Å². The van der Waals surface area contributed by atoms with E-state index in [4.69, 9.17) is 18.9 Å². The Morgan fingerprint density at radius 2 is 1.96 bits per heavy atom. The maximum atomic E-state index is 12.9. The number of benzene rings is 1. The van der Waals surface area contributed by atoms with Crippen molar-refractivity contribution in [1.82, 2.24) is 4.57 Å². The average Bonchev–Trinajstić information content (AvgIpc) is 2.93. The van der Waals surface area contributed by atoms with Gasteiger partial charge in [0.2, 0.25) is 12.2 Å². The number of carbonyl (C=O) groups excluding carboxylic acids is 2. The van der Waals surface area contributed by atoms with Gasteiger partial charge in [-0.1, -0.05) is 18.2 Å². The van der Waals surface area contributed by atoms with Crippen LogP contribution in [0.3, 0.4) is 0 Å². The molecule has 0 saturated carbocycles. The highest BCUT2D eigenvalue weighted by atomic mass is 16.7. The van der Waals surface area contributed by atoms with E-state index < -0.39 is 29.9 Å². The van der Waals surface area contributed by atoms with Gasteiger partial charge >= 0.3 is 12.1 Å². The highest BCUT2D eigenvalue weighted by Crippen LogP contribution is 2.44. The van der Waals surface area contributed by atoms with Crippen LogP contribution in [0.25, 0.3) is 10.9 Å². The van der Waals surface area contributed by atoms with Crippen LogP contribution in [0.15, 0.2) is 24.3 Å². The molecule has 7 nitrogen and oxygen atoms in total. The molecule has 0 unspecified atom stereocenters. The van der Waals surface area contributed by atoms with Gasteiger partial charge in [-0.15, -0.1) is 0 Å². The van der Waals surface area contributed by atoms with Crippen LogP contribution in [0.5, 0.6) is 5.88 Å². The topological polar surface area (TPSA) is 76.0 Å². The lowest BCUT2D eigenvalue weighted by atomic mass is 9.93. The van der Waals surface area contributed by atoms with E-state index in [0.29, 0.717) is 24.1 Å². The first kappa shape index (κ1) is 19.2. The van der Waals surface area contributed by atoms with E-state index >= 15 is 0 Å². The number of aromatic nitrogens is 1. The van der Waals surface area contributed by atoms with Crippen molar-refractivity contribution in [1.29, 1.82) is 0 Å². The molecular weight excluding hydrogens is 350 g/mol. The number of esters is 1. The minimum absolute atomic E-state index is 0.269. The summed E-state index contributed by atoms with van der Waals surface area (Å²) in [5, 5.41) is 0.753. The number of ether oxygens (including phenoxy) is 4. The highest BCUT2D eigenvalue weighted by molar-refractivity contribution is 5.98. The van der Waals surface area contributed by atoms with Crippen molar-refractivity contribution in [2.24, 2.45) is 0 Å². The van der Waals surface area contributed by atoms with E-state index in [9.17, 15) is 9.59 Å². The van der Waals surface area contributed by atoms with Crippen molar-refractivity contribution in [3.8, 4) is 5.88 Å². The first-order valence-corrected chi connectivity index (χ1v) is 8.99. The fraction of sp³-hybridized carbons (Fsp3) is 0.500. The molecule has 1 aliphatic heterocycles. The molecule has 1 aromatic carbocycles. The molecule has 2 aromatic rings. The Kier molecular flexibility index (Phi) is 5.15. The summed E-state index contributed by atoms with van der Waals surface area (Å²) >= 11 is 0. The molecule has 0 amide bonds. The van der Waals surface area contributed by atoms with Crippen LogP contribution in [0.1, 0.15) is 45.6 Å². The van der Waals surface area contributed by atoms with Crippen LogP contribution in [-0.2, 0) is 19.0 Å². The smallest absolute Gasteiger partial charge is 0.421 e. The molecule has 27 heavy (non-hydrogen) atoms. The predicted octanol–water partition coefficient (Wildman–Crippen LogP) is 3.83. The third kappa shape index (κ3) is 3.64. The predicted molar refractivity (Wildman–Crippen MR) is 99.0 cm³/mol. The monoisotopic (exact) mass is 375 g/mol. The van der Waals surface area contributed by atoms with E-state index in [0.717, 1.165) is 5.39 Å². The van der Waals surface area contributed by atoms with Crippen molar-refractivity contribution in [2.75, 3.05) is 13.7 Å². The summed E-state index contributed by atoms with van der Waals surface area (Å²) in [6.07, 6.45) is -0.909. The number of rotatable bonds is 3. The molecule has 1 aromatic heterocycles. The second kappa shape index (κ2) is 7.23. The third-order valence-corrected chi connectivity index (χ3v) is 4.30. The molecule has 0 aliphatic carbocycles. The third-order valence-electron chi connectivity index (χ3n) is 4.30. The fourth-order valence-corrected chi connectivity index (χ4v) is 3.31. The molecule has 0 saturated heterocycles. The zero-order valence-corrected chi connectivity index (χ0v) is 16.3. The second-order valence-electron chi connectivity index (χ2n) is 7.37. The number of para-hydroxylation sites is 1. The largest absolute Gasteiger partial charge is 0.469 e. The molecule has 7 heteroatoms. The maximum absolute atomic E-state index is 12.9. The maximum Gasteiger partial charge on any atom is 0.421 e. The van der Waals surface area contributed by atoms with Gasteiger partial charge in [0.1, 0.15) is 5.60 Å². The Labute approximate surface area is 158 Å². The molecule has 0 spiro atoms. The highest BCUT2D eigenvalue weighted by Gasteiger charge is 2.40. The van der Waals surface area contributed by atoms with E-state index in [-0.39, 0.29) is 5.88 Å². The molecule has 146 valence electrons. The van der Waals surface area contributed by atoms with Gasteiger partial charge in [-0.2, -0.15) is 0 Å². The number of nitrogens with zero attached hydrogens (tertiary/aromatic N) is 1. The van der Waals surface area contributed by atoms with Gasteiger partial charge in [-0.05, 0) is 33.8 Å². The lowest BCUT2D eigenvalue weighted by Gasteiger charge is -2.29. The van der Waals surface area contributed by atoms with Gasteiger partial charge < -0.3 is 18.9 Å². The first-order chi connectivity index (χ1) is 12.8. The van der Waals surface area contributed by atoms with Crippen molar-refractivity contribution in [2.45, 2.75) is 51.9 Å². The Hall–Kier alpha value is -2.54. The Balaban J connectivity index is 2.21. The van der Waals surface area contributed by atoms with Crippen LogP contribution in [0, 0.1) is 0 Å². The lowest BCUT2D eigenvalue weighted by Crippen LogP contribution is -2.34. The summed E-state index contributed by atoms with van der Waals surface area (Å²) in [6, 6.07) is 7.33. The zero-order valence-electron chi connectivity index (χ0n) is 16.3. The lowest BCUT2D eigenvalue weighted by molar-refractivity contribution is -0.149. The van der Waals surface area contributed by atoms with E-state index in [1.807, 2.05) is 25.1 Å². The van der Waals surface area contributed by atoms with Gasteiger partial charge in [0.25, 0.3) is 0 Å². The van der Waals surface area contributed by atoms with Crippen molar-refractivity contribution in [3.63, 3.8) is 0 Å². The molecule has 0 bridgehead atoms. The average molecular weight is 375 g/mol. The van der Waals surface area contributed by atoms with Crippen molar-refractivity contribution < 1.29 is 28.5 Å². The summed E-state index contributed by atoms with van der Waals surface area (Å²) in [4.78, 5) is 25.4. The fourth-order valence-electron chi connectivity index (χ4n) is 3.31. The molecule has 2 heterocycles. The molecule has 0 fully saturated rings. The van der Waals surface area contributed by atoms with Gasteiger partial charge in [0.05, 0.1) is 18.5 Å². The van der Waals surface area contributed by atoms with Gasteiger partial charge in [-0.25, -0.2) is 9.36 Å². The van der Waals surface area contributed by atoms with Gasteiger partial charge in [0.15, 0.2) is 0 Å². The summed E-state index contributed by atoms with van der Waals surface area (Å²) < 4.78 is 23.5.